The molecule has 0 heterocycles. The molecule has 1 aromatic carbocycles. The van der Waals surface area contributed by atoms with Crippen LogP contribution in [0.1, 0.15) is 12.5 Å². The lowest BCUT2D eigenvalue weighted by molar-refractivity contribution is -0.116. The Balaban J connectivity index is 2.79. The van der Waals surface area contributed by atoms with Crippen molar-refractivity contribution in [2.24, 2.45) is 0 Å². The summed E-state index contributed by atoms with van der Waals surface area (Å²) in [6.07, 6.45) is 0.317. The van der Waals surface area contributed by atoms with E-state index in [1.165, 1.54) is 19.1 Å². The third-order valence-electron chi connectivity index (χ3n) is 1.34. The van der Waals surface area contributed by atoms with Gasteiger partial charge in [0, 0.05) is 6.42 Å². The van der Waals surface area contributed by atoms with Crippen LogP contribution in [0.15, 0.2) is 24.3 Å². The van der Waals surface area contributed by atoms with Crippen LogP contribution in [0.3, 0.4) is 0 Å². The van der Waals surface area contributed by atoms with E-state index in [1.807, 2.05) is 0 Å². The third kappa shape index (κ3) is 2.50. The summed E-state index contributed by atoms with van der Waals surface area (Å²) in [6, 6.07) is 6.09. The molecule has 0 aliphatic heterocycles. The van der Waals surface area contributed by atoms with Crippen LogP contribution in [-0.4, -0.2) is 5.78 Å². The topological polar surface area (TPSA) is 17.1 Å². The second kappa shape index (κ2) is 3.28. The summed E-state index contributed by atoms with van der Waals surface area (Å²) in [4.78, 5) is 10.6. The number of hydrogen-bond acceptors (Lipinski definition) is 1. The molecule has 0 aliphatic rings. The first-order valence-electron chi connectivity index (χ1n) is 3.42. The van der Waals surface area contributed by atoms with E-state index in [0.29, 0.717) is 6.42 Å². The van der Waals surface area contributed by atoms with E-state index in [0.717, 1.165) is 5.56 Å². The molecule has 0 fully saturated rings. The smallest absolute Gasteiger partial charge is 0.134 e. The SMILES string of the molecule is CC(=O)Cc1cccc(F)c1. The van der Waals surface area contributed by atoms with Gasteiger partial charge in [-0.05, 0) is 24.6 Å². The number of ketones is 1. The maximum atomic E-state index is 12.5. The summed E-state index contributed by atoms with van der Waals surface area (Å²) >= 11 is 0. The normalized spacial score (nSPS) is 9.64. The van der Waals surface area contributed by atoms with Crippen LogP contribution in [0.2, 0.25) is 0 Å². The molecule has 2 heteroatoms. The molecule has 0 N–H and O–H groups in total. The molecular formula is C9H9FO. The lowest BCUT2D eigenvalue weighted by Gasteiger charge is -1.95. The van der Waals surface area contributed by atoms with Gasteiger partial charge in [0.2, 0.25) is 0 Å². The molecule has 0 saturated carbocycles. The van der Waals surface area contributed by atoms with Crippen molar-refractivity contribution in [2.75, 3.05) is 0 Å². The average Bonchev–Trinajstić information content (AvgIpc) is 1.85. The Morgan fingerprint density at radius 2 is 2.27 bits per heavy atom. The van der Waals surface area contributed by atoms with Gasteiger partial charge < -0.3 is 0 Å². The van der Waals surface area contributed by atoms with Crippen molar-refractivity contribution in [3.8, 4) is 0 Å². The van der Waals surface area contributed by atoms with Gasteiger partial charge in [-0.3, -0.25) is 4.79 Å². The van der Waals surface area contributed by atoms with Crippen molar-refractivity contribution in [3.63, 3.8) is 0 Å². The molecule has 0 aromatic heterocycles. The molecular weight excluding hydrogens is 143 g/mol. The maximum absolute atomic E-state index is 12.5. The van der Waals surface area contributed by atoms with Crippen LogP contribution in [0.4, 0.5) is 4.39 Å². The van der Waals surface area contributed by atoms with Gasteiger partial charge >= 0.3 is 0 Å². The molecule has 1 rings (SSSR count). The van der Waals surface area contributed by atoms with Gasteiger partial charge in [-0.2, -0.15) is 0 Å². The number of rotatable bonds is 2. The van der Waals surface area contributed by atoms with Crippen LogP contribution in [0.5, 0.6) is 0 Å². The molecule has 1 aromatic rings. The highest BCUT2D eigenvalue weighted by Crippen LogP contribution is 2.03. The molecule has 0 amide bonds. The second-order valence-corrected chi connectivity index (χ2v) is 2.51. The Labute approximate surface area is 64.9 Å². The Kier molecular flexibility index (Phi) is 2.36. The molecule has 0 aliphatic carbocycles. The summed E-state index contributed by atoms with van der Waals surface area (Å²) in [5.41, 5.74) is 0.734. The van der Waals surface area contributed by atoms with Gasteiger partial charge in [-0.1, -0.05) is 12.1 Å². The molecule has 0 bridgehead atoms. The van der Waals surface area contributed by atoms with Crippen molar-refractivity contribution in [2.45, 2.75) is 13.3 Å². The highest BCUT2D eigenvalue weighted by Gasteiger charge is 1.97. The van der Waals surface area contributed by atoms with Crippen molar-refractivity contribution < 1.29 is 9.18 Å². The number of Topliss-reactive ketones (excluding diaryl/α,β-unsaturated/α-hetero) is 1. The Hall–Kier alpha value is -1.18. The summed E-state index contributed by atoms with van der Waals surface area (Å²) in [6.45, 7) is 1.49. The van der Waals surface area contributed by atoms with Gasteiger partial charge in [0.05, 0.1) is 0 Å². The standard InChI is InChI=1S/C9H9FO/c1-7(11)5-8-3-2-4-9(10)6-8/h2-4,6H,5H2,1H3. The average molecular weight is 152 g/mol. The van der Waals surface area contributed by atoms with Crippen LogP contribution in [0.25, 0.3) is 0 Å². The monoisotopic (exact) mass is 152 g/mol. The Morgan fingerprint density at radius 3 is 2.82 bits per heavy atom. The number of benzene rings is 1. The summed E-state index contributed by atoms with van der Waals surface area (Å²) in [7, 11) is 0. The molecule has 58 valence electrons. The number of carbonyl (C=O) groups excluding carboxylic acids is 1. The van der Waals surface area contributed by atoms with Crippen LogP contribution in [-0.2, 0) is 11.2 Å². The largest absolute Gasteiger partial charge is 0.300 e. The number of carbonyl (C=O) groups is 1. The van der Waals surface area contributed by atoms with Gasteiger partial charge in [-0.15, -0.1) is 0 Å². The van der Waals surface area contributed by atoms with E-state index in [1.54, 1.807) is 12.1 Å². The highest BCUT2D eigenvalue weighted by atomic mass is 19.1. The van der Waals surface area contributed by atoms with Crippen molar-refractivity contribution in [1.82, 2.24) is 0 Å². The lowest BCUT2D eigenvalue weighted by Crippen LogP contribution is -1.95. The quantitative estimate of drug-likeness (QED) is 0.633. The van der Waals surface area contributed by atoms with Crippen molar-refractivity contribution in [3.05, 3.63) is 35.6 Å². The minimum absolute atomic E-state index is 0.0515. The van der Waals surface area contributed by atoms with E-state index >= 15 is 0 Å². The molecule has 0 unspecified atom stereocenters. The van der Waals surface area contributed by atoms with Gasteiger partial charge in [0.25, 0.3) is 0 Å². The Bertz CT molecular complexity index is 268. The summed E-state index contributed by atoms with van der Waals surface area (Å²) in [5.74, 6) is -0.237. The first-order valence-corrected chi connectivity index (χ1v) is 3.42. The third-order valence-corrected chi connectivity index (χ3v) is 1.34. The minimum Gasteiger partial charge on any atom is -0.300 e. The zero-order valence-electron chi connectivity index (χ0n) is 6.30. The van der Waals surface area contributed by atoms with E-state index in [9.17, 15) is 9.18 Å². The molecule has 0 spiro atoms. The predicted molar refractivity (Wildman–Crippen MR) is 40.8 cm³/mol. The molecule has 0 saturated heterocycles. The molecule has 0 atom stereocenters. The van der Waals surface area contributed by atoms with Crippen LogP contribution < -0.4 is 0 Å². The molecule has 11 heavy (non-hydrogen) atoms. The molecule has 0 radical (unpaired) electrons. The maximum Gasteiger partial charge on any atom is 0.134 e. The van der Waals surface area contributed by atoms with Gasteiger partial charge in [0.1, 0.15) is 11.6 Å². The summed E-state index contributed by atoms with van der Waals surface area (Å²) in [5, 5.41) is 0. The summed E-state index contributed by atoms with van der Waals surface area (Å²) < 4.78 is 12.5. The van der Waals surface area contributed by atoms with Crippen LogP contribution in [0, 0.1) is 5.82 Å². The molecule has 1 nitrogen and oxygen atoms in total. The first kappa shape index (κ1) is 7.92. The van der Waals surface area contributed by atoms with E-state index in [-0.39, 0.29) is 11.6 Å². The van der Waals surface area contributed by atoms with Gasteiger partial charge in [-0.25, -0.2) is 4.39 Å². The highest BCUT2D eigenvalue weighted by molar-refractivity contribution is 5.78. The predicted octanol–water partition coefficient (Wildman–Crippen LogP) is 1.96. The van der Waals surface area contributed by atoms with Crippen LogP contribution >= 0.6 is 0 Å². The Morgan fingerprint density at radius 1 is 1.55 bits per heavy atom. The minimum atomic E-state index is -0.288. The fraction of sp³-hybridized carbons (Fsp3) is 0.222. The fourth-order valence-electron chi connectivity index (χ4n) is 0.934. The van der Waals surface area contributed by atoms with E-state index in [2.05, 4.69) is 0 Å². The zero-order valence-corrected chi connectivity index (χ0v) is 6.30. The number of hydrogen-bond donors (Lipinski definition) is 0. The van der Waals surface area contributed by atoms with E-state index in [4.69, 9.17) is 0 Å². The van der Waals surface area contributed by atoms with Gasteiger partial charge in [0.15, 0.2) is 0 Å². The first-order chi connectivity index (χ1) is 5.18. The zero-order chi connectivity index (χ0) is 8.27. The van der Waals surface area contributed by atoms with Crippen molar-refractivity contribution >= 4 is 5.78 Å². The second-order valence-electron chi connectivity index (χ2n) is 2.51. The lowest BCUT2D eigenvalue weighted by atomic mass is 10.1. The fourth-order valence-corrected chi connectivity index (χ4v) is 0.934. The van der Waals surface area contributed by atoms with E-state index < -0.39 is 0 Å². The van der Waals surface area contributed by atoms with Crippen molar-refractivity contribution in [1.29, 1.82) is 0 Å². The number of halogens is 1.